The summed E-state index contributed by atoms with van der Waals surface area (Å²) in [6.07, 6.45) is 3.10. The second-order valence-electron chi connectivity index (χ2n) is 6.09. The molecule has 24 heavy (non-hydrogen) atoms. The van der Waals surface area contributed by atoms with Crippen LogP contribution in [0.25, 0.3) is 10.9 Å². The van der Waals surface area contributed by atoms with Gasteiger partial charge in [-0.25, -0.2) is 4.79 Å². The topological polar surface area (TPSA) is 42.2 Å². The average molecular weight is 321 g/mol. The Morgan fingerprint density at radius 2 is 1.75 bits per heavy atom. The van der Waals surface area contributed by atoms with Crippen molar-refractivity contribution >= 4 is 16.9 Å². The van der Waals surface area contributed by atoms with Crippen LogP contribution in [-0.2, 0) is 19.4 Å². The third-order valence-corrected chi connectivity index (χ3v) is 4.61. The number of rotatable bonds is 6. The van der Waals surface area contributed by atoms with Gasteiger partial charge in [0.25, 0.3) is 0 Å². The lowest BCUT2D eigenvalue weighted by Gasteiger charge is -2.13. The van der Waals surface area contributed by atoms with Crippen LogP contribution in [0, 0.1) is 0 Å². The molecule has 0 radical (unpaired) electrons. The molecule has 0 aliphatic rings. The van der Waals surface area contributed by atoms with Gasteiger partial charge in [0.15, 0.2) is 0 Å². The van der Waals surface area contributed by atoms with Gasteiger partial charge in [0.2, 0.25) is 0 Å². The minimum atomic E-state index is -0.867. The van der Waals surface area contributed by atoms with E-state index in [2.05, 4.69) is 42.7 Å². The summed E-state index contributed by atoms with van der Waals surface area (Å²) in [4.78, 5) is 11.5. The molecule has 0 amide bonds. The minimum absolute atomic E-state index is 0.384. The van der Waals surface area contributed by atoms with Crippen molar-refractivity contribution in [2.75, 3.05) is 0 Å². The van der Waals surface area contributed by atoms with Crippen LogP contribution < -0.4 is 0 Å². The molecule has 0 fully saturated rings. The Balaban J connectivity index is 2.18. The summed E-state index contributed by atoms with van der Waals surface area (Å²) >= 11 is 0. The van der Waals surface area contributed by atoms with Gasteiger partial charge in [-0.1, -0.05) is 56.7 Å². The molecule has 2 aromatic carbocycles. The lowest BCUT2D eigenvalue weighted by molar-refractivity contribution is 0.0695. The molecule has 3 rings (SSSR count). The summed E-state index contributed by atoms with van der Waals surface area (Å²) in [5.74, 6) is -0.867. The smallest absolute Gasteiger partial charge is 0.336 e. The number of carboxylic acid groups (broad SMARTS) is 1. The molecule has 0 atom stereocenters. The van der Waals surface area contributed by atoms with Gasteiger partial charge < -0.3 is 9.67 Å². The molecule has 0 aliphatic carbocycles. The summed E-state index contributed by atoms with van der Waals surface area (Å²) < 4.78 is 2.29. The number of hydrogen-bond donors (Lipinski definition) is 1. The first-order valence-electron chi connectivity index (χ1n) is 8.57. The fourth-order valence-corrected chi connectivity index (χ4v) is 3.58. The molecule has 0 spiro atoms. The molecule has 0 unspecified atom stereocenters. The van der Waals surface area contributed by atoms with Gasteiger partial charge in [0.05, 0.1) is 5.56 Å². The van der Waals surface area contributed by atoms with E-state index in [9.17, 15) is 9.90 Å². The largest absolute Gasteiger partial charge is 0.478 e. The Kier molecular flexibility index (Phi) is 4.70. The van der Waals surface area contributed by atoms with Gasteiger partial charge in [0.1, 0.15) is 0 Å². The van der Waals surface area contributed by atoms with Crippen molar-refractivity contribution in [3.8, 4) is 0 Å². The number of nitrogens with zero attached hydrogens (tertiary/aromatic N) is 1. The van der Waals surface area contributed by atoms with Gasteiger partial charge in [-0.3, -0.25) is 0 Å². The Morgan fingerprint density at radius 1 is 1.04 bits per heavy atom. The monoisotopic (exact) mass is 321 g/mol. The van der Waals surface area contributed by atoms with Crippen molar-refractivity contribution in [2.24, 2.45) is 0 Å². The van der Waals surface area contributed by atoms with Gasteiger partial charge in [-0.05, 0) is 36.1 Å². The highest BCUT2D eigenvalue weighted by Crippen LogP contribution is 2.29. The van der Waals surface area contributed by atoms with Crippen LogP contribution in [-0.4, -0.2) is 15.6 Å². The van der Waals surface area contributed by atoms with E-state index in [4.69, 9.17) is 0 Å². The zero-order valence-electron chi connectivity index (χ0n) is 14.2. The molecule has 1 heterocycles. The molecule has 124 valence electrons. The van der Waals surface area contributed by atoms with Crippen molar-refractivity contribution in [2.45, 2.75) is 39.7 Å². The van der Waals surface area contributed by atoms with E-state index in [-0.39, 0.29) is 0 Å². The standard InChI is InChI=1S/C21H23NO2/c1-3-9-17-18-12-7-8-13-20(18)22(19(17)4-2)14-15-10-5-6-11-16(15)21(23)24/h5-8,10-13H,3-4,9,14H2,1-2H3,(H,23,24). The van der Waals surface area contributed by atoms with Gasteiger partial charge in [-0.15, -0.1) is 0 Å². The fraction of sp³-hybridized carbons (Fsp3) is 0.286. The van der Waals surface area contributed by atoms with E-state index in [0.29, 0.717) is 12.1 Å². The summed E-state index contributed by atoms with van der Waals surface area (Å²) in [6.45, 7) is 4.97. The van der Waals surface area contributed by atoms with Crippen molar-refractivity contribution in [3.63, 3.8) is 0 Å². The maximum Gasteiger partial charge on any atom is 0.336 e. The van der Waals surface area contributed by atoms with Crippen LogP contribution in [0.15, 0.2) is 48.5 Å². The van der Waals surface area contributed by atoms with Crippen molar-refractivity contribution in [1.29, 1.82) is 0 Å². The van der Waals surface area contributed by atoms with E-state index in [1.54, 1.807) is 12.1 Å². The van der Waals surface area contributed by atoms with Gasteiger partial charge in [-0.2, -0.15) is 0 Å². The molecular weight excluding hydrogens is 298 g/mol. The SMILES string of the molecule is CCCc1c(CC)n(Cc2ccccc2C(=O)O)c2ccccc12. The third kappa shape index (κ3) is 2.82. The predicted octanol–water partition coefficient (Wildman–Crippen LogP) is 4.90. The van der Waals surface area contributed by atoms with Crippen LogP contribution in [0.2, 0.25) is 0 Å². The lowest BCUT2D eigenvalue weighted by Crippen LogP contribution is -2.09. The highest BCUT2D eigenvalue weighted by atomic mass is 16.4. The van der Waals surface area contributed by atoms with E-state index in [1.165, 1.54) is 22.2 Å². The van der Waals surface area contributed by atoms with E-state index >= 15 is 0 Å². The Hall–Kier alpha value is -2.55. The van der Waals surface area contributed by atoms with Crippen molar-refractivity contribution < 1.29 is 9.90 Å². The van der Waals surface area contributed by atoms with Crippen LogP contribution in [0.5, 0.6) is 0 Å². The zero-order valence-corrected chi connectivity index (χ0v) is 14.2. The first-order valence-corrected chi connectivity index (χ1v) is 8.57. The maximum absolute atomic E-state index is 11.5. The fourth-order valence-electron chi connectivity index (χ4n) is 3.58. The number of aryl methyl sites for hydroxylation is 1. The zero-order chi connectivity index (χ0) is 17.1. The Bertz CT molecular complexity index is 877. The molecule has 3 heteroatoms. The number of carboxylic acids is 1. The average Bonchev–Trinajstić information content (AvgIpc) is 2.89. The van der Waals surface area contributed by atoms with E-state index in [0.717, 1.165) is 24.8 Å². The highest BCUT2D eigenvalue weighted by molar-refractivity contribution is 5.90. The number of fused-ring (bicyclic) bond motifs is 1. The Labute approximate surface area is 142 Å². The Morgan fingerprint density at radius 3 is 2.46 bits per heavy atom. The minimum Gasteiger partial charge on any atom is -0.478 e. The van der Waals surface area contributed by atoms with Crippen LogP contribution in [0.3, 0.4) is 0 Å². The lowest BCUT2D eigenvalue weighted by atomic mass is 10.0. The normalized spacial score (nSPS) is 11.1. The number of hydrogen-bond acceptors (Lipinski definition) is 1. The number of para-hydroxylation sites is 1. The molecular formula is C21H23NO2. The molecule has 0 saturated heterocycles. The summed E-state index contributed by atoms with van der Waals surface area (Å²) in [7, 11) is 0. The highest BCUT2D eigenvalue weighted by Gasteiger charge is 2.17. The first-order chi connectivity index (χ1) is 11.7. The number of aromatic nitrogens is 1. The van der Waals surface area contributed by atoms with Gasteiger partial charge in [0, 0.05) is 23.1 Å². The molecule has 1 aromatic heterocycles. The van der Waals surface area contributed by atoms with E-state index < -0.39 is 5.97 Å². The van der Waals surface area contributed by atoms with Crippen molar-refractivity contribution in [1.82, 2.24) is 4.57 Å². The van der Waals surface area contributed by atoms with Crippen LogP contribution in [0.4, 0.5) is 0 Å². The number of benzene rings is 2. The molecule has 3 nitrogen and oxygen atoms in total. The second-order valence-corrected chi connectivity index (χ2v) is 6.09. The molecule has 0 saturated carbocycles. The molecule has 1 N–H and O–H groups in total. The third-order valence-electron chi connectivity index (χ3n) is 4.61. The van der Waals surface area contributed by atoms with Crippen molar-refractivity contribution in [3.05, 3.63) is 70.9 Å². The summed E-state index contributed by atoms with van der Waals surface area (Å²) in [5, 5.41) is 10.8. The number of carbonyl (C=O) groups is 1. The van der Waals surface area contributed by atoms with Crippen LogP contribution >= 0.6 is 0 Å². The quantitative estimate of drug-likeness (QED) is 0.701. The van der Waals surface area contributed by atoms with Gasteiger partial charge >= 0.3 is 5.97 Å². The first kappa shape index (κ1) is 16.3. The van der Waals surface area contributed by atoms with E-state index in [1.807, 2.05) is 12.1 Å². The molecule has 3 aromatic rings. The summed E-state index contributed by atoms with van der Waals surface area (Å²) in [6, 6.07) is 15.7. The number of aromatic carboxylic acids is 1. The van der Waals surface area contributed by atoms with Crippen LogP contribution in [0.1, 0.15) is 47.4 Å². The molecule has 0 aliphatic heterocycles. The summed E-state index contributed by atoms with van der Waals surface area (Å²) in [5.41, 5.74) is 5.15. The molecule has 0 bridgehead atoms. The maximum atomic E-state index is 11.5. The predicted molar refractivity (Wildman–Crippen MR) is 97.8 cm³/mol. The second kappa shape index (κ2) is 6.91.